The van der Waals surface area contributed by atoms with Crippen molar-refractivity contribution < 1.29 is 9.47 Å². The minimum atomic E-state index is -0.470. The summed E-state index contributed by atoms with van der Waals surface area (Å²) in [6.45, 7) is 11.4. The minimum absolute atomic E-state index is 0.0923. The SMILES string of the molecule is CCC1(C)CC(OC)(OC)C(C)C(C)(CC)N1C. The molecule has 1 rings (SSSR count). The van der Waals surface area contributed by atoms with E-state index in [9.17, 15) is 0 Å². The van der Waals surface area contributed by atoms with Crippen molar-refractivity contribution in [3.63, 3.8) is 0 Å². The van der Waals surface area contributed by atoms with Crippen molar-refractivity contribution in [2.45, 2.75) is 70.7 Å². The predicted molar refractivity (Wildman–Crippen MR) is 75.7 cm³/mol. The largest absolute Gasteiger partial charge is 0.353 e. The summed E-state index contributed by atoms with van der Waals surface area (Å²) in [7, 11) is 5.80. The topological polar surface area (TPSA) is 21.7 Å². The monoisotopic (exact) mass is 257 g/mol. The molecule has 108 valence electrons. The Labute approximate surface area is 113 Å². The summed E-state index contributed by atoms with van der Waals surface area (Å²) in [6, 6.07) is 0. The number of ether oxygens (including phenoxy) is 2. The van der Waals surface area contributed by atoms with Crippen LogP contribution in [0.25, 0.3) is 0 Å². The summed E-state index contributed by atoms with van der Waals surface area (Å²) in [5.41, 5.74) is 0.207. The summed E-state index contributed by atoms with van der Waals surface area (Å²) in [5, 5.41) is 0. The van der Waals surface area contributed by atoms with Gasteiger partial charge in [0.2, 0.25) is 0 Å². The third kappa shape index (κ3) is 2.00. The van der Waals surface area contributed by atoms with Gasteiger partial charge in [0, 0.05) is 37.6 Å². The highest BCUT2D eigenvalue weighted by Gasteiger charge is 2.58. The lowest BCUT2D eigenvalue weighted by Gasteiger charge is -2.62. The molecule has 0 saturated carbocycles. The lowest BCUT2D eigenvalue weighted by Crippen LogP contribution is -2.71. The Morgan fingerprint density at radius 3 is 1.94 bits per heavy atom. The van der Waals surface area contributed by atoms with E-state index in [1.54, 1.807) is 14.2 Å². The first kappa shape index (κ1) is 15.9. The lowest BCUT2D eigenvalue weighted by atomic mass is 9.66. The van der Waals surface area contributed by atoms with Gasteiger partial charge in [0.25, 0.3) is 0 Å². The average molecular weight is 257 g/mol. The fraction of sp³-hybridized carbons (Fsp3) is 1.00. The van der Waals surface area contributed by atoms with E-state index in [4.69, 9.17) is 9.47 Å². The fourth-order valence-corrected chi connectivity index (χ4v) is 3.67. The molecule has 1 aliphatic rings. The molecule has 3 atom stereocenters. The molecule has 0 N–H and O–H groups in total. The van der Waals surface area contributed by atoms with Crippen LogP contribution in [-0.2, 0) is 9.47 Å². The molecule has 3 unspecified atom stereocenters. The Morgan fingerprint density at radius 1 is 1.11 bits per heavy atom. The van der Waals surface area contributed by atoms with E-state index in [-0.39, 0.29) is 11.1 Å². The fourth-order valence-electron chi connectivity index (χ4n) is 3.67. The lowest BCUT2D eigenvalue weighted by molar-refractivity contribution is -0.305. The molecule has 0 aromatic rings. The van der Waals surface area contributed by atoms with Crippen LogP contribution in [0.4, 0.5) is 0 Å². The first-order valence-corrected chi connectivity index (χ1v) is 7.10. The summed E-state index contributed by atoms with van der Waals surface area (Å²) in [4.78, 5) is 2.54. The third-order valence-electron chi connectivity index (χ3n) is 5.96. The summed E-state index contributed by atoms with van der Waals surface area (Å²) < 4.78 is 11.7. The molecule has 1 saturated heterocycles. The summed E-state index contributed by atoms with van der Waals surface area (Å²) in [6.07, 6.45) is 3.10. The van der Waals surface area contributed by atoms with Crippen LogP contribution in [-0.4, -0.2) is 43.0 Å². The van der Waals surface area contributed by atoms with Crippen LogP contribution in [0.5, 0.6) is 0 Å². The van der Waals surface area contributed by atoms with Crippen LogP contribution in [0.15, 0.2) is 0 Å². The Hall–Kier alpha value is -0.120. The standard InChI is InChI=1S/C15H31NO2/c1-9-13(4)11-15(17-7,18-8)12(3)14(5,10-2)16(13)6/h12H,9-11H2,1-8H3. The Morgan fingerprint density at radius 2 is 1.61 bits per heavy atom. The van der Waals surface area contributed by atoms with Crippen LogP contribution >= 0.6 is 0 Å². The van der Waals surface area contributed by atoms with Crippen LogP contribution in [0.1, 0.15) is 53.9 Å². The number of likely N-dealkylation sites (tertiary alicyclic amines) is 1. The Balaban J connectivity index is 3.29. The second kappa shape index (κ2) is 5.10. The molecule has 1 fully saturated rings. The number of rotatable bonds is 4. The maximum atomic E-state index is 5.83. The van der Waals surface area contributed by atoms with Crippen molar-refractivity contribution in [1.82, 2.24) is 4.90 Å². The first-order chi connectivity index (χ1) is 8.26. The predicted octanol–water partition coefficient (Wildman–Crippen LogP) is 3.28. The normalized spacial score (nSPS) is 41.0. The quantitative estimate of drug-likeness (QED) is 0.721. The van der Waals surface area contributed by atoms with Gasteiger partial charge in [0.05, 0.1) is 0 Å². The molecule has 3 heteroatoms. The second-order valence-electron chi connectivity index (χ2n) is 6.24. The van der Waals surface area contributed by atoms with Gasteiger partial charge in [0.1, 0.15) is 0 Å². The van der Waals surface area contributed by atoms with E-state index >= 15 is 0 Å². The molecule has 0 aromatic carbocycles. The van der Waals surface area contributed by atoms with Gasteiger partial charge >= 0.3 is 0 Å². The summed E-state index contributed by atoms with van der Waals surface area (Å²) in [5.74, 6) is -0.142. The number of piperidine rings is 1. The highest BCUT2D eigenvalue weighted by atomic mass is 16.7. The van der Waals surface area contributed by atoms with Gasteiger partial charge < -0.3 is 9.47 Å². The zero-order valence-corrected chi connectivity index (χ0v) is 13.5. The molecular formula is C15H31NO2. The average Bonchev–Trinajstić information content (AvgIpc) is 2.41. The minimum Gasteiger partial charge on any atom is -0.353 e. The molecule has 18 heavy (non-hydrogen) atoms. The van der Waals surface area contributed by atoms with Crippen LogP contribution in [0, 0.1) is 5.92 Å². The molecule has 0 aromatic heterocycles. The highest BCUT2D eigenvalue weighted by molar-refractivity contribution is 5.08. The second-order valence-corrected chi connectivity index (χ2v) is 6.24. The van der Waals surface area contributed by atoms with E-state index in [2.05, 4.69) is 46.6 Å². The Kier molecular flexibility index (Phi) is 4.52. The first-order valence-electron chi connectivity index (χ1n) is 7.10. The maximum Gasteiger partial charge on any atom is 0.173 e. The van der Waals surface area contributed by atoms with Crippen molar-refractivity contribution >= 4 is 0 Å². The van der Waals surface area contributed by atoms with E-state index < -0.39 is 5.79 Å². The maximum absolute atomic E-state index is 5.83. The summed E-state index contributed by atoms with van der Waals surface area (Å²) >= 11 is 0. The van der Waals surface area contributed by atoms with Crippen LogP contribution in [0.2, 0.25) is 0 Å². The van der Waals surface area contributed by atoms with Crippen molar-refractivity contribution in [1.29, 1.82) is 0 Å². The van der Waals surface area contributed by atoms with Crippen molar-refractivity contribution in [3.05, 3.63) is 0 Å². The van der Waals surface area contributed by atoms with Gasteiger partial charge in [-0.2, -0.15) is 0 Å². The molecule has 0 aliphatic carbocycles. The zero-order valence-electron chi connectivity index (χ0n) is 13.5. The van der Waals surface area contributed by atoms with Crippen molar-refractivity contribution in [2.75, 3.05) is 21.3 Å². The van der Waals surface area contributed by atoms with E-state index in [0.29, 0.717) is 5.92 Å². The molecule has 3 nitrogen and oxygen atoms in total. The number of hydrogen-bond acceptors (Lipinski definition) is 3. The van der Waals surface area contributed by atoms with Gasteiger partial charge in [-0.1, -0.05) is 20.8 Å². The molecule has 0 spiro atoms. The van der Waals surface area contributed by atoms with Gasteiger partial charge in [-0.3, -0.25) is 4.90 Å². The van der Waals surface area contributed by atoms with E-state index in [1.807, 2.05) is 0 Å². The van der Waals surface area contributed by atoms with Gasteiger partial charge in [-0.05, 0) is 33.7 Å². The smallest absolute Gasteiger partial charge is 0.173 e. The molecule has 1 aliphatic heterocycles. The van der Waals surface area contributed by atoms with Gasteiger partial charge in [0.15, 0.2) is 5.79 Å². The highest BCUT2D eigenvalue weighted by Crippen LogP contribution is 2.50. The van der Waals surface area contributed by atoms with Gasteiger partial charge in [-0.15, -0.1) is 0 Å². The van der Waals surface area contributed by atoms with E-state index in [1.165, 1.54) is 0 Å². The molecule has 1 heterocycles. The van der Waals surface area contributed by atoms with Crippen molar-refractivity contribution in [3.8, 4) is 0 Å². The van der Waals surface area contributed by atoms with Crippen LogP contribution in [0.3, 0.4) is 0 Å². The molecule has 0 bridgehead atoms. The molecule has 0 amide bonds. The number of methoxy groups -OCH3 is 2. The molecular weight excluding hydrogens is 226 g/mol. The zero-order chi connectivity index (χ0) is 14.2. The van der Waals surface area contributed by atoms with Gasteiger partial charge in [-0.25, -0.2) is 0 Å². The number of nitrogens with zero attached hydrogens (tertiary/aromatic N) is 1. The third-order valence-corrected chi connectivity index (χ3v) is 5.96. The van der Waals surface area contributed by atoms with E-state index in [0.717, 1.165) is 19.3 Å². The van der Waals surface area contributed by atoms with Crippen molar-refractivity contribution in [2.24, 2.45) is 5.92 Å². The number of hydrogen-bond donors (Lipinski definition) is 0. The van der Waals surface area contributed by atoms with Crippen LogP contribution < -0.4 is 0 Å². The molecule has 0 radical (unpaired) electrons. The Bertz CT molecular complexity index is 283.